The number of nitro groups is 1. The SMILES string of the molecule is CC(C)CNC(=O)C[C@H](c1cccc(Oc2ccc(Cl)cc2)c1)c1c[nH]c2ccc([N+](=O)[O-])cc12. The summed E-state index contributed by atoms with van der Waals surface area (Å²) in [6, 6.07) is 19.3. The first kappa shape index (κ1) is 24.3. The molecule has 1 aromatic heterocycles. The third kappa shape index (κ3) is 6.00. The van der Waals surface area contributed by atoms with Crippen molar-refractivity contribution in [2.24, 2.45) is 5.92 Å². The molecule has 0 saturated carbocycles. The summed E-state index contributed by atoms with van der Waals surface area (Å²) in [7, 11) is 0. The monoisotopic (exact) mass is 491 g/mol. The van der Waals surface area contributed by atoms with Crippen LogP contribution >= 0.6 is 11.6 Å². The molecule has 7 nitrogen and oxygen atoms in total. The zero-order valence-electron chi connectivity index (χ0n) is 19.5. The number of nitrogens with one attached hydrogen (secondary N) is 2. The normalized spacial score (nSPS) is 12.0. The molecule has 1 amide bonds. The van der Waals surface area contributed by atoms with Gasteiger partial charge in [-0.3, -0.25) is 14.9 Å². The van der Waals surface area contributed by atoms with Crippen molar-refractivity contribution in [3.8, 4) is 11.5 Å². The molecule has 8 heteroatoms. The first-order valence-electron chi connectivity index (χ1n) is 11.4. The molecule has 3 aromatic carbocycles. The number of carbonyl (C=O) groups excluding carboxylic acids is 1. The molecule has 0 radical (unpaired) electrons. The zero-order chi connectivity index (χ0) is 24.9. The Morgan fingerprint density at radius 2 is 1.86 bits per heavy atom. The number of ether oxygens (including phenoxy) is 1. The number of aromatic nitrogens is 1. The van der Waals surface area contributed by atoms with Gasteiger partial charge in [0.25, 0.3) is 5.69 Å². The van der Waals surface area contributed by atoms with E-state index < -0.39 is 4.92 Å². The highest BCUT2D eigenvalue weighted by molar-refractivity contribution is 6.30. The van der Waals surface area contributed by atoms with Crippen LogP contribution in [-0.2, 0) is 4.79 Å². The number of non-ortho nitro benzene ring substituents is 1. The highest BCUT2D eigenvalue weighted by atomic mass is 35.5. The maximum Gasteiger partial charge on any atom is 0.270 e. The van der Waals surface area contributed by atoms with Gasteiger partial charge in [0.05, 0.1) is 4.92 Å². The molecular weight excluding hydrogens is 466 g/mol. The van der Waals surface area contributed by atoms with Crippen LogP contribution < -0.4 is 10.1 Å². The lowest BCUT2D eigenvalue weighted by Crippen LogP contribution is -2.28. The number of rotatable bonds is 9. The molecule has 4 rings (SSSR count). The van der Waals surface area contributed by atoms with Gasteiger partial charge in [-0.25, -0.2) is 0 Å². The summed E-state index contributed by atoms with van der Waals surface area (Å²) in [6.45, 7) is 4.65. The highest BCUT2D eigenvalue weighted by Crippen LogP contribution is 2.36. The van der Waals surface area contributed by atoms with Crippen LogP contribution in [0.2, 0.25) is 5.02 Å². The summed E-state index contributed by atoms with van der Waals surface area (Å²) in [5.74, 6) is 1.15. The maximum atomic E-state index is 12.9. The van der Waals surface area contributed by atoms with Crippen LogP contribution in [0.25, 0.3) is 10.9 Å². The number of aromatic amines is 1. The van der Waals surface area contributed by atoms with Gasteiger partial charge in [0.2, 0.25) is 5.91 Å². The second-order valence-corrected chi connectivity index (χ2v) is 9.25. The number of hydrogen-bond acceptors (Lipinski definition) is 4. The van der Waals surface area contributed by atoms with Gasteiger partial charge < -0.3 is 15.0 Å². The number of nitrogens with zero attached hydrogens (tertiary/aromatic N) is 1. The third-order valence-corrected chi connectivity index (χ3v) is 5.94. The molecule has 0 fully saturated rings. The Kier molecular flexibility index (Phi) is 7.36. The molecule has 35 heavy (non-hydrogen) atoms. The molecule has 0 aliphatic rings. The predicted molar refractivity (Wildman–Crippen MR) is 137 cm³/mol. The van der Waals surface area contributed by atoms with Crippen LogP contribution in [0, 0.1) is 16.0 Å². The van der Waals surface area contributed by atoms with Crippen LogP contribution in [0.4, 0.5) is 5.69 Å². The number of carbonyl (C=O) groups is 1. The third-order valence-electron chi connectivity index (χ3n) is 5.69. The molecule has 2 N–H and O–H groups in total. The van der Waals surface area contributed by atoms with Gasteiger partial charge in [-0.05, 0) is 59.5 Å². The fraction of sp³-hybridized carbons (Fsp3) is 0.222. The van der Waals surface area contributed by atoms with Crippen molar-refractivity contribution in [2.45, 2.75) is 26.2 Å². The summed E-state index contributed by atoms with van der Waals surface area (Å²) in [6.07, 6.45) is 2.01. The van der Waals surface area contributed by atoms with Crippen molar-refractivity contribution < 1.29 is 14.5 Å². The fourth-order valence-electron chi connectivity index (χ4n) is 3.95. The number of amides is 1. The van der Waals surface area contributed by atoms with Crippen molar-refractivity contribution in [2.75, 3.05) is 6.54 Å². The Morgan fingerprint density at radius 1 is 1.09 bits per heavy atom. The van der Waals surface area contributed by atoms with Gasteiger partial charge in [0, 0.05) is 53.1 Å². The molecule has 180 valence electrons. The lowest BCUT2D eigenvalue weighted by Gasteiger charge is -2.19. The number of fused-ring (bicyclic) bond motifs is 1. The van der Waals surface area contributed by atoms with E-state index in [1.807, 2.05) is 44.3 Å². The lowest BCUT2D eigenvalue weighted by atomic mass is 9.87. The van der Waals surface area contributed by atoms with Crippen LogP contribution in [0.3, 0.4) is 0 Å². The first-order chi connectivity index (χ1) is 16.8. The molecule has 0 aliphatic carbocycles. The molecule has 4 aromatic rings. The molecule has 1 heterocycles. The smallest absolute Gasteiger partial charge is 0.270 e. The number of hydrogen-bond donors (Lipinski definition) is 2. The quantitative estimate of drug-likeness (QED) is 0.198. The van der Waals surface area contributed by atoms with E-state index in [2.05, 4.69) is 10.3 Å². The Morgan fingerprint density at radius 3 is 2.57 bits per heavy atom. The van der Waals surface area contributed by atoms with E-state index in [0.717, 1.165) is 16.6 Å². The van der Waals surface area contributed by atoms with E-state index in [0.29, 0.717) is 34.4 Å². The lowest BCUT2D eigenvalue weighted by molar-refractivity contribution is -0.384. The van der Waals surface area contributed by atoms with E-state index in [9.17, 15) is 14.9 Å². The molecule has 0 spiro atoms. The van der Waals surface area contributed by atoms with Gasteiger partial charge in [-0.15, -0.1) is 0 Å². The van der Waals surface area contributed by atoms with E-state index in [1.165, 1.54) is 6.07 Å². The number of H-pyrrole nitrogens is 1. The van der Waals surface area contributed by atoms with Gasteiger partial charge in [0.1, 0.15) is 11.5 Å². The van der Waals surface area contributed by atoms with Crippen LogP contribution in [0.15, 0.2) is 72.9 Å². The standard InChI is InChI=1S/C27H26ClN3O4/c1-17(2)15-30-27(32)14-23(25-16-29-26-11-8-20(31(33)34)13-24(25)26)18-4-3-5-22(12-18)35-21-9-6-19(28)7-10-21/h3-13,16-17,23,29H,14-15H2,1-2H3,(H,30,32)/t23-/m1/s1. The average Bonchev–Trinajstić information content (AvgIpc) is 3.26. The Bertz CT molecular complexity index is 1350. The molecule has 0 bridgehead atoms. The summed E-state index contributed by atoms with van der Waals surface area (Å²) in [5.41, 5.74) is 2.45. The van der Waals surface area contributed by atoms with Gasteiger partial charge in [0.15, 0.2) is 0 Å². The summed E-state index contributed by atoms with van der Waals surface area (Å²) >= 11 is 5.97. The second kappa shape index (κ2) is 10.6. The van der Waals surface area contributed by atoms with Crippen molar-refractivity contribution in [3.05, 3.63) is 99.2 Å². The van der Waals surface area contributed by atoms with E-state index >= 15 is 0 Å². The minimum Gasteiger partial charge on any atom is -0.457 e. The van der Waals surface area contributed by atoms with Gasteiger partial charge in [-0.2, -0.15) is 0 Å². The Hall–Kier alpha value is -3.84. The highest BCUT2D eigenvalue weighted by Gasteiger charge is 2.23. The van der Waals surface area contributed by atoms with Crippen LogP contribution in [0.5, 0.6) is 11.5 Å². The minimum absolute atomic E-state index is 0.00109. The second-order valence-electron chi connectivity index (χ2n) is 8.81. The zero-order valence-corrected chi connectivity index (χ0v) is 20.2. The molecule has 0 unspecified atom stereocenters. The van der Waals surface area contributed by atoms with Crippen LogP contribution in [0.1, 0.15) is 37.3 Å². The number of nitro benzene ring substituents is 1. The fourth-order valence-corrected chi connectivity index (χ4v) is 4.07. The summed E-state index contributed by atoms with van der Waals surface area (Å²) in [5, 5.41) is 15.7. The summed E-state index contributed by atoms with van der Waals surface area (Å²) < 4.78 is 6.01. The van der Waals surface area contributed by atoms with Crippen molar-refractivity contribution in [3.63, 3.8) is 0 Å². The van der Waals surface area contributed by atoms with Gasteiger partial charge in [-0.1, -0.05) is 37.6 Å². The van der Waals surface area contributed by atoms with E-state index in [4.69, 9.17) is 16.3 Å². The van der Waals surface area contributed by atoms with Crippen molar-refractivity contribution in [1.82, 2.24) is 10.3 Å². The Balaban J connectivity index is 1.72. The molecule has 0 saturated heterocycles. The molecular formula is C27H26ClN3O4. The first-order valence-corrected chi connectivity index (χ1v) is 11.7. The van der Waals surface area contributed by atoms with E-state index in [-0.39, 0.29) is 23.9 Å². The predicted octanol–water partition coefficient (Wildman–Crippen LogP) is 6.82. The van der Waals surface area contributed by atoms with Crippen molar-refractivity contribution in [1.29, 1.82) is 0 Å². The summed E-state index contributed by atoms with van der Waals surface area (Å²) in [4.78, 5) is 27.0. The molecule has 0 aliphatic heterocycles. The maximum absolute atomic E-state index is 12.9. The van der Waals surface area contributed by atoms with E-state index in [1.54, 1.807) is 36.4 Å². The minimum atomic E-state index is -0.416. The number of halogens is 1. The van der Waals surface area contributed by atoms with Crippen molar-refractivity contribution >= 4 is 34.1 Å². The number of benzene rings is 3. The molecule has 1 atom stereocenters. The van der Waals surface area contributed by atoms with Gasteiger partial charge >= 0.3 is 0 Å². The van der Waals surface area contributed by atoms with Crippen LogP contribution in [-0.4, -0.2) is 22.4 Å². The largest absolute Gasteiger partial charge is 0.457 e. The Labute approximate surface area is 208 Å². The topological polar surface area (TPSA) is 97.3 Å². The average molecular weight is 492 g/mol.